The van der Waals surface area contributed by atoms with Crippen molar-refractivity contribution in [1.82, 2.24) is 25.1 Å². The van der Waals surface area contributed by atoms with Crippen molar-refractivity contribution in [2.45, 2.75) is 16.2 Å². The molecular weight excluding hydrogens is 506 g/mol. The van der Waals surface area contributed by atoms with E-state index in [4.69, 9.17) is 10.5 Å². The molecule has 0 atom stereocenters. The highest BCUT2D eigenvalue weighted by atomic mass is 32.2. The molecule has 0 aliphatic heterocycles. The highest BCUT2D eigenvalue weighted by Crippen LogP contribution is 2.36. The molecule has 0 radical (unpaired) electrons. The average molecular weight is 532 g/mol. The first kappa shape index (κ1) is 24.6. The van der Waals surface area contributed by atoms with Crippen molar-refractivity contribution >= 4 is 50.9 Å². The van der Waals surface area contributed by atoms with Crippen molar-refractivity contribution in [2.24, 2.45) is 0 Å². The third kappa shape index (κ3) is 5.17. The van der Waals surface area contributed by atoms with E-state index in [0.29, 0.717) is 18.1 Å². The SMILES string of the molecule is COc1cnc2c(Sc3ccc(N(CCc4ccccn4)c4nnc(N)c5ccccc45)cc3)ccnc2c1. The Labute approximate surface area is 229 Å². The van der Waals surface area contributed by atoms with Crippen LogP contribution in [0.15, 0.2) is 107 Å². The lowest BCUT2D eigenvalue weighted by Gasteiger charge is -2.25. The van der Waals surface area contributed by atoms with E-state index in [0.717, 1.165) is 55.2 Å². The first-order valence-corrected chi connectivity index (χ1v) is 13.3. The quantitative estimate of drug-likeness (QED) is 0.250. The molecule has 0 bridgehead atoms. The molecule has 0 saturated carbocycles. The Morgan fingerprint density at radius 1 is 0.846 bits per heavy atom. The first-order valence-electron chi connectivity index (χ1n) is 12.4. The molecule has 0 saturated heterocycles. The molecule has 4 aromatic heterocycles. The summed E-state index contributed by atoms with van der Waals surface area (Å²) in [6.45, 7) is 0.673. The van der Waals surface area contributed by atoms with E-state index in [1.165, 1.54) is 0 Å². The van der Waals surface area contributed by atoms with Gasteiger partial charge in [0.15, 0.2) is 11.6 Å². The smallest absolute Gasteiger partial charge is 0.163 e. The lowest BCUT2D eigenvalue weighted by atomic mass is 10.1. The number of hydrogen-bond donors (Lipinski definition) is 1. The van der Waals surface area contributed by atoms with E-state index >= 15 is 0 Å². The molecule has 0 fully saturated rings. The Kier molecular flexibility index (Phi) is 6.88. The summed E-state index contributed by atoms with van der Waals surface area (Å²) in [5.41, 5.74) is 9.81. The maximum absolute atomic E-state index is 6.16. The number of anilines is 3. The van der Waals surface area contributed by atoms with Gasteiger partial charge in [0, 0.05) is 63.4 Å². The fourth-order valence-electron chi connectivity index (χ4n) is 4.44. The van der Waals surface area contributed by atoms with Gasteiger partial charge >= 0.3 is 0 Å². The molecule has 0 unspecified atom stereocenters. The van der Waals surface area contributed by atoms with Crippen LogP contribution in [0.25, 0.3) is 21.8 Å². The van der Waals surface area contributed by atoms with Crippen LogP contribution in [-0.4, -0.2) is 38.8 Å². The highest BCUT2D eigenvalue weighted by Gasteiger charge is 2.17. The van der Waals surface area contributed by atoms with E-state index in [9.17, 15) is 0 Å². The lowest BCUT2D eigenvalue weighted by molar-refractivity contribution is 0.413. The highest BCUT2D eigenvalue weighted by molar-refractivity contribution is 7.99. The lowest BCUT2D eigenvalue weighted by Crippen LogP contribution is -2.22. The van der Waals surface area contributed by atoms with Gasteiger partial charge in [0.25, 0.3) is 0 Å². The Hall–Kier alpha value is -4.76. The maximum Gasteiger partial charge on any atom is 0.163 e. The molecule has 39 heavy (non-hydrogen) atoms. The zero-order valence-electron chi connectivity index (χ0n) is 21.2. The molecule has 4 heterocycles. The monoisotopic (exact) mass is 531 g/mol. The predicted octanol–water partition coefficient (Wildman–Crippen LogP) is 6.09. The molecule has 8 nitrogen and oxygen atoms in total. The van der Waals surface area contributed by atoms with E-state index in [1.807, 2.05) is 60.8 Å². The number of hydrogen-bond acceptors (Lipinski definition) is 9. The van der Waals surface area contributed by atoms with Gasteiger partial charge in [-0.3, -0.25) is 9.97 Å². The summed E-state index contributed by atoms with van der Waals surface area (Å²) >= 11 is 1.65. The fourth-order valence-corrected chi connectivity index (χ4v) is 5.35. The van der Waals surface area contributed by atoms with Crippen molar-refractivity contribution < 1.29 is 4.74 Å². The average Bonchev–Trinajstić information content (AvgIpc) is 2.99. The van der Waals surface area contributed by atoms with Crippen LogP contribution < -0.4 is 15.4 Å². The molecular formula is C30H25N7OS. The number of nitrogens with zero attached hydrogens (tertiary/aromatic N) is 6. The van der Waals surface area contributed by atoms with E-state index < -0.39 is 0 Å². The molecule has 9 heteroatoms. The van der Waals surface area contributed by atoms with Crippen LogP contribution in [0.5, 0.6) is 5.75 Å². The van der Waals surface area contributed by atoms with E-state index in [-0.39, 0.29) is 0 Å². The second-order valence-electron chi connectivity index (χ2n) is 8.83. The summed E-state index contributed by atoms with van der Waals surface area (Å²) < 4.78 is 5.30. The zero-order chi connectivity index (χ0) is 26.6. The summed E-state index contributed by atoms with van der Waals surface area (Å²) in [6, 6.07) is 26.2. The van der Waals surface area contributed by atoms with Gasteiger partial charge in [0.2, 0.25) is 0 Å². The minimum absolute atomic E-state index is 0.418. The number of nitrogen functional groups attached to an aromatic ring is 1. The molecule has 6 aromatic rings. The van der Waals surface area contributed by atoms with Crippen LogP contribution in [0.1, 0.15) is 5.69 Å². The van der Waals surface area contributed by atoms with Gasteiger partial charge in [0.05, 0.1) is 18.8 Å². The molecule has 2 aromatic carbocycles. The van der Waals surface area contributed by atoms with Gasteiger partial charge < -0.3 is 15.4 Å². The Morgan fingerprint density at radius 3 is 2.46 bits per heavy atom. The second-order valence-corrected chi connectivity index (χ2v) is 9.94. The van der Waals surface area contributed by atoms with Crippen LogP contribution in [0.4, 0.5) is 17.3 Å². The third-order valence-electron chi connectivity index (χ3n) is 6.40. The van der Waals surface area contributed by atoms with Crippen molar-refractivity contribution in [3.8, 4) is 5.75 Å². The van der Waals surface area contributed by atoms with Crippen molar-refractivity contribution in [3.05, 3.63) is 103 Å². The number of pyridine rings is 3. The van der Waals surface area contributed by atoms with Crippen LogP contribution in [0, 0.1) is 0 Å². The van der Waals surface area contributed by atoms with Gasteiger partial charge in [-0.2, -0.15) is 0 Å². The second kappa shape index (κ2) is 10.9. The fraction of sp³-hybridized carbons (Fsp3) is 0.100. The Morgan fingerprint density at radius 2 is 1.67 bits per heavy atom. The topological polar surface area (TPSA) is 103 Å². The number of methoxy groups -OCH3 is 1. The van der Waals surface area contributed by atoms with E-state index in [1.54, 1.807) is 31.3 Å². The number of fused-ring (bicyclic) bond motifs is 2. The predicted molar refractivity (Wildman–Crippen MR) is 156 cm³/mol. The molecule has 0 aliphatic carbocycles. The summed E-state index contributed by atoms with van der Waals surface area (Å²) in [6.07, 6.45) is 6.08. The van der Waals surface area contributed by atoms with E-state index in [2.05, 4.69) is 54.3 Å². The molecule has 192 valence electrons. The number of benzene rings is 2. The third-order valence-corrected chi connectivity index (χ3v) is 7.45. The zero-order valence-corrected chi connectivity index (χ0v) is 22.0. The number of nitrogens with two attached hydrogens (primary N) is 1. The number of ether oxygens (including phenoxy) is 1. The molecule has 0 aliphatic rings. The summed E-state index contributed by atoms with van der Waals surface area (Å²) in [4.78, 5) is 17.8. The van der Waals surface area contributed by atoms with Crippen LogP contribution >= 0.6 is 11.8 Å². The standard InChI is InChI=1S/C30H25N7OS/c1-38-22-18-26-28(34-19-22)27(13-16-33-26)39-23-11-9-21(10-12-23)37(17-14-20-6-4-5-15-32-20)30-25-8-3-2-7-24(25)29(31)35-36-30/h2-13,15-16,18-19H,14,17H2,1H3,(H2,31,35). The minimum atomic E-state index is 0.418. The van der Waals surface area contributed by atoms with Crippen LogP contribution in [0.2, 0.25) is 0 Å². The largest absolute Gasteiger partial charge is 0.495 e. The maximum atomic E-state index is 6.16. The van der Waals surface area contributed by atoms with Crippen molar-refractivity contribution in [1.29, 1.82) is 0 Å². The Balaban J connectivity index is 1.33. The van der Waals surface area contributed by atoms with Gasteiger partial charge in [-0.05, 0) is 42.5 Å². The van der Waals surface area contributed by atoms with Gasteiger partial charge in [-0.1, -0.05) is 42.1 Å². The number of rotatable bonds is 8. The first-order chi connectivity index (χ1) is 19.2. The van der Waals surface area contributed by atoms with Crippen LogP contribution in [0.3, 0.4) is 0 Å². The molecule has 6 rings (SSSR count). The molecule has 2 N–H and O–H groups in total. The summed E-state index contributed by atoms with van der Waals surface area (Å²) in [5, 5.41) is 10.6. The molecule has 0 spiro atoms. The van der Waals surface area contributed by atoms with Crippen LogP contribution in [-0.2, 0) is 6.42 Å². The van der Waals surface area contributed by atoms with Crippen molar-refractivity contribution in [2.75, 3.05) is 24.3 Å². The molecule has 0 amide bonds. The minimum Gasteiger partial charge on any atom is -0.495 e. The summed E-state index contributed by atoms with van der Waals surface area (Å²) in [7, 11) is 1.63. The van der Waals surface area contributed by atoms with Crippen molar-refractivity contribution in [3.63, 3.8) is 0 Å². The van der Waals surface area contributed by atoms with Gasteiger partial charge in [0.1, 0.15) is 11.3 Å². The Bertz CT molecular complexity index is 1750. The van der Waals surface area contributed by atoms with Gasteiger partial charge in [-0.25, -0.2) is 4.98 Å². The number of aromatic nitrogens is 5. The summed E-state index contributed by atoms with van der Waals surface area (Å²) in [5.74, 6) is 1.86. The normalized spacial score (nSPS) is 11.1. The van der Waals surface area contributed by atoms with Gasteiger partial charge in [-0.15, -0.1) is 10.2 Å².